The van der Waals surface area contributed by atoms with Gasteiger partial charge in [-0.2, -0.15) is 0 Å². The number of hydrogen-bond acceptors (Lipinski definition) is 2. The minimum absolute atomic E-state index is 0.0918. The Morgan fingerprint density at radius 1 is 0.690 bits per heavy atom. The van der Waals surface area contributed by atoms with Gasteiger partial charge in [-0.3, -0.25) is 0 Å². The van der Waals surface area contributed by atoms with Crippen LogP contribution in [0.4, 0.5) is 0 Å². The van der Waals surface area contributed by atoms with Crippen LogP contribution in [-0.4, -0.2) is 22.2 Å². The summed E-state index contributed by atoms with van der Waals surface area (Å²) in [7, 11) is 0. The van der Waals surface area contributed by atoms with Crippen molar-refractivity contribution in [3.8, 4) is 0 Å². The van der Waals surface area contributed by atoms with Gasteiger partial charge in [0.05, 0.1) is 11.1 Å². The van der Waals surface area contributed by atoms with Crippen LogP contribution < -0.4 is 0 Å². The molecule has 0 aliphatic rings. The van der Waals surface area contributed by atoms with Gasteiger partial charge in [0, 0.05) is 0 Å². The first-order valence-electron chi connectivity index (χ1n) is 11.6. The summed E-state index contributed by atoms with van der Waals surface area (Å²) in [6.45, 7) is 4.44. The molecule has 0 bridgehead atoms. The highest BCUT2D eigenvalue weighted by Gasteiger charge is 2.19. The molecule has 0 atom stereocenters. The molecule has 0 amide bonds. The van der Waals surface area contributed by atoms with Crippen LogP contribution in [-0.2, 0) is 0 Å². The van der Waals surface area contributed by atoms with Crippen molar-refractivity contribution in [1.29, 1.82) is 0 Å². The van der Waals surface area contributed by atoms with Gasteiger partial charge in [-0.1, -0.05) is 97.0 Å². The summed E-state index contributed by atoms with van der Waals surface area (Å²) in [5, 5.41) is 18.7. The van der Waals surface area contributed by atoms with Gasteiger partial charge in [-0.25, -0.2) is 9.59 Å². The third kappa shape index (κ3) is 9.96. The molecule has 0 saturated heterocycles. The average Bonchev–Trinajstić information content (AvgIpc) is 2.70. The molecule has 0 spiro atoms. The second kappa shape index (κ2) is 15.1. The van der Waals surface area contributed by atoms with Crippen molar-refractivity contribution in [2.75, 3.05) is 0 Å². The maximum Gasteiger partial charge on any atom is 0.336 e. The lowest BCUT2D eigenvalue weighted by atomic mass is 9.86. The van der Waals surface area contributed by atoms with E-state index in [1.54, 1.807) is 6.07 Å². The quantitative estimate of drug-likeness (QED) is 0.261. The summed E-state index contributed by atoms with van der Waals surface area (Å²) >= 11 is 0. The predicted molar refractivity (Wildman–Crippen MR) is 119 cm³/mol. The second-order valence-corrected chi connectivity index (χ2v) is 8.23. The molecule has 0 aliphatic heterocycles. The molecule has 0 radical (unpaired) electrons. The Bertz CT molecular complexity index is 593. The fourth-order valence-corrected chi connectivity index (χ4v) is 4.00. The number of benzene rings is 1. The molecular formula is C25H40O4. The number of unbranched alkanes of at least 4 members (excludes halogenated alkanes) is 10. The van der Waals surface area contributed by atoms with E-state index >= 15 is 0 Å². The molecule has 0 unspecified atom stereocenters. The Labute approximate surface area is 176 Å². The van der Waals surface area contributed by atoms with Gasteiger partial charge in [0.15, 0.2) is 0 Å². The van der Waals surface area contributed by atoms with Crippen molar-refractivity contribution in [3.05, 3.63) is 34.9 Å². The fraction of sp³-hybridized carbons (Fsp3) is 0.680. The fourth-order valence-electron chi connectivity index (χ4n) is 4.00. The Morgan fingerprint density at radius 3 is 1.59 bits per heavy atom. The molecule has 29 heavy (non-hydrogen) atoms. The van der Waals surface area contributed by atoms with E-state index in [1.165, 1.54) is 70.3 Å². The number of rotatable bonds is 17. The van der Waals surface area contributed by atoms with Gasteiger partial charge in [0.1, 0.15) is 0 Å². The predicted octanol–water partition coefficient (Wildman–Crippen LogP) is 7.67. The monoisotopic (exact) mass is 404 g/mol. The first-order chi connectivity index (χ1) is 14.0. The molecule has 1 aromatic carbocycles. The van der Waals surface area contributed by atoms with Crippen LogP contribution in [0.5, 0.6) is 0 Å². The molecule has 4 heteroatoms. The topological polar surface area (TPSA) is 74.6 Å². The minimum atomic E-state index is -1.18. The highest BCUT2D eigenvalue weighted by Crippen LogP contribution is 2.30. The summed E-state index contributed by atoms with van der Waals surface area (Å²) in [5.41, 5.74) is 0.763. The minimum Gasteiger partial charge on any atom is -0.478 e. The van der Waals surface area contributed by atoms with E-state index in [2.05, 4.69) is 13.8 Å². The van der Waals surface area contributed by atoms with Crippen molar-refractivity contribution in [3.63, 3.8) is 0 Å². The maximum absolute atomic E-state index is 11.6. The molecule has 0 aromatic heterocycles. The smallest absolute Gasteiger partial charge is 0.336 e. The molecule has 164 valence electrons. The number of aromatic carboxylic acids is 2. The molecule has 0 saturated carbocycles. The third-order valence-electron chi connectivity index (χ3n) is 5.79. The lowest BCUT2D eigenvalue weighted by Crippen LogP contribution is -2.10. The summed E-state index contributed by atoms with van der Waals surface area (Å²) in [5.74, 6) is -2.03. The van der Waals surface area contributed by atoms with Crippen LogP contribution in [0.15, 0.2) is 18.2 Å². The molecule has 0 heterocycles. The first-order valence-corrected chi connectivity index (χ1v) is 11.6. The van der Waals surface area contributed by atoms with Crippen LogP contribution in [0.25, 0.3) is 0 Å². The lowest BCUT2D eigenvalue weighted by molar-refractivity contribution is 0.0651. The molecule has 0 fully saturated rings. The van der Waals surface area contributed by atoms with Crippen molar-refractivity contribution in [1.82, 2.24) is 0 Å². The van der Waals surface area contributed by atoms with Crippen LogP contribution in [0.3, 0.4) is 0 Å². The van der Waals surface area contributed by atoms with Gasteiger partial charge in [0.25, 0.3) is 0 Å². The largest absolute Gasteiger partial charge is 0.478 e. The SMILES string of the molecule is CCCCCCCCC(CCCCCCCC)c1ccc(C(=O)O)c(C(=O)O)c1. The van der Waals surface area contributed by atoms with E-state index in [-0.39, 0.29) is 11.1 Å². The van der Waals surface area contributed by atoms with Crippen LogP contribution >= 0.6 is 0 Å². The lowest BCUT2D eigenvalue weighted by Gasteiger charge is -2.19. The van der Waals surface area contributed by atoms with E-state index in [0.29, 0.717) is 5.92 Å². The normalized spacial score (nSPS) is 11.1. The molecule has 2 N–H and O–H groups in total. The van der Waals surface area contributed by atoms with Crippen LogP contribution in [0.2, 0.25) is 0 Å². The van der Waals surface area contributed by atoms with Crippen molar-refractivity contribution in [2.45, 2.75) is 110 Å². The van der Waals surface area contributed by atoms with Crippen LogP contribution in [0.1, 0.15) is 136 Å². The Balaban J connectivity index is 2.76. The highest BCUT2D eigenvalue weighted by molar-refractivity contribution is 6.01. The van der Waals surface area contributed by atoms with E-state index in [0.717, 1.165) is 31.2 Å². The number of carboxylic acids is 2. The summed E-state index contributed by atoms with van der Waals surface area (Å²) < 4.78 is 0. The Morgan fingerprint density at radius 2 is 1.14 bits per heavy atom. The van der Waals surface area contributed by atoms with E-state index < -0.39 is 11.9 Å². The highest BCUT2D eigenvalue weighted by atomic mass is 16.4. The molecule has 1 aromatic rings. The first kappa shape index (κ1) is 25.2. The maximum atomic E-state index is 11.6. The van der Waals surface area contributed by atoms with Gasteiger partial charge in [-0.15, -0.1) is 0 Å². The zero-order valence-corrected chi connectivity index (χ0v) is 18.4. The number of carboxylic acid groups (broad SMARTS) is 2. The van der Waals surface area contributed by atoms with Crippen molar-refractivity contribution >= 4 is 11.9 Å². The molecule has 0 aliphatic carbocycles. The van der Waals surface area contributed by atoms with E-state index in [9.17, 15) is 19.8 Å². The zero-order valence-electron chi connectivity index (χ0n) is 18.4. The third-order valence-corrected chi connectivity index (χ3v) is 5.79. The van der Waals surface area contributed by atoms with E-state index in [4.69, 9.17) is 0 Å². The number of carbonyl (C=O) groups is 2. The average molecular weight is 405 g/mol. The Hall–Kier alpha value is -1.84. The van der Waals surface area contributed by atoms with Crippen molar-refractivity contribution in [2.24, 2.45) is 0 Å². The van der Waals surface area contributed by atoms with Gasteiger partial charge < -0.3 is 10.2 Å². The van der Waals surface area contributed by atoms with Gasteiger partial charge in [0.2, 0.25) is 0 Å². The van der Waals surface area contributed by atoms with Gasteiger partial charge >= 0.3 is 11.9 Å². The van der Waals surface area contributed by atoms with E-state index in [1.807, 2.05) is 6.07 Å². The summed E-state index contributed by atoms with van der Waals surface area (Å²) in [6.07, 6.45) is 17.0. The zero-order chi connectivity index (χ0) is 21.5. The number of hydrogen-bond donors (Lipinski definition) is 2. The molecular weight excluding hydrogens is 364 g/mol. The standard InChI is InChI=1S/C25H40O4/c1-3-5-7-9-11-13-15-20(16-14-12-10-8-6-4-2)21-17-18-22(24(26)27)23(19-21)25(28)29/h17-20H,3-16H2,1-2H3,(H,26,27)(H,28,29). The van der Waals surface area contributed by atoms with Gasteiger partial charge in [-0.05, 0) is 36.5 Å². The molecule has 4 nitrogen and oxygen atoms in total. The van der Waals surface area contributed by atoms with Crippen molar-refractivity contribution < 1.29 is 19.8 Å². The second-order valence-electron chi connectivity index (χ2n) is 8.23. The summed E-state index contributed by atoms with van der Waals surface area (Å²) in [6, 6.07) is 4.90. The Kier molecular flexibility index (Phi) is 13.1. The molecule has 1 rings (SSSR count). The summed E-state index contributed by atoms with van der Waals surface area (Å²) in [4.78, 5) is 22.9. The van der Waals surface area contributed by atoms with Crippen LogP contribution in [0, 0.1) is 0 Å².